The van der Waals surface area contributed by atoms with Crippen molar-refractivity contribution in [1.82, 2.24) is 9.88 Å². The molecule has 1 amide bonds. The number of thioether (sulfide) groups is 1. The van der Waals surface area contributed by atoms with E-state index in [1.165, 1.54) is 5.56 Å². The molecule has 0 N–H and O–H groups in total. The van der Waals surface area contributed by atoms with Crippen LogP contribution < -0.4 is 9.47 Å². The van der Waals surface area contributed by atoms with Gasteiger partial charge in [-0.3, -0.25) is 9.78 Å². The summed E-state index contributed by atoms with van der Waals surface area (Å²) >= 11 is 1.65. The number of methoxy groups -OCH3 is 1. The lowest BCUT2D eigenvalue weighted by atomic mass is 10.1. The quantitative estimate of drug-likeness (QED) is 0.760. The third-order valence-corrected chi connectivity index (χ3v) is 5.39. The van der Waals surface area contributed by atoms with E-state index in [-0.39, 0.29) is 11.3 Å². The number of pyridine rings is 1. The lowest BCUT2D eigenvalue weighted by Crippen LogP contribution is -2.30. The molecule has 0 spiro atoms. The summed E-state index contributed by atoms with van der Waals surface area (Å²) in [7, 11) is 1.63. The highest BCUT2D eigenvalue weighted by molar-refractivity contribution is 8.00. The summed E-state index contributed by atoms with van der Waals surface area (Å²) in [6.45, 7) is 3.21. The molecule has 132 valence electrons. The number of nitrogens with zero attached hydrogens (tertiary/aromatic N) is 2. The molecule has 1 aliphatic heterocycles. The lowest BCUT2D eigenvalue weighted by Gasteiger charge is -2.25. The maximum absolute atomic E-state index is 12.3. The zero-order valence-corrected chi connectivity index (χ0v) is 15.3. The molecule has 0 radical (unpaired) electrons. The zero-order valence-electron chi connectivity index (χ0n) is 14.5. The molecule has 1 unspecified atom stereocenters. The van der Waals surface area contributed by atoms with Crippen LogP contribution in [0.2, 0.25) is 0 Å². The van der Waals surface area contributed by atoms with Crippen molar-refractivity contribution in [1.29, 1.82) is 0 Å². The van der Waals surface area contributed by atoms with Crippen LogP contribution >= 0.6 is 11.8 Å². The Labute approximate surface area is 152 Å². The second-order valence-electron chi connectivity index (χ2n) is 5.70. The van der Waals surface area contributed by atoms with E-state index in [0.29, 0.717) is 24.7 Å². The summed E-state index contributed by atoms with van der Waals surface area (Å²) in [5.74, 6) is 2.12. The number of rotatable bonds is 7. The van der Waals surface area contributed by atoms with Crippen LogP contribution in [0.25, 0.3) is 0 Å². The summed E-state index contributed by atoms with van der Waals surface area (Å²) in [5.41, 5.74) is 2.25. The van der Waals surface area contributed by atoms with Crippen molar-refractivity contribution in [2.45, 2.75) is 18.7 Å². The number of hydrogen-bond acceptors (Lipinski definition) is 5. The number of carbonyl (C=O) groups is 1. The van der Waals surface area contributed by atoms with Crippen LogP contribution in [0.5, 0.6) is 11.5 Å². The molecule has 2 heterocycles. The maximum Gasteiger partial charge on any atom is 0.233 e. The normalized spacial score (nSPS) is 17.0. The monoisotopic (exact) mass is 358 g/mol. The molecular formula is C19H22N2O3S. The first-order chi connectivity index (χ1) is 12.2. The van der Waals surface area contributed by atoms with E-state index in [1.54, 1.807) is 31.3 Å². The highest BCUT2D eigenvalue weighted by atomic mass is 32.2. The van der Waals surface area contributed by atoms with Gasteiger partial charge < -0.3 is 14.4 Å². The Bertz CT molecular complexity index is 724. The fourth-order valence-electron chi connectivity index (χ4n) is 2.89. The molecule has 25 heavy (non-hydrogen) atoms. The van der Waals surface area contributed by atoms with Gasteiger partial charge in [0.25, 0.3) is 0 Å². The molecule has 1 aromatic carbocycles. The summed E-state index contributed by atoms with van der Waals surface area (Å²) in [6, 6.07) is 9.88. The fourth-order valence-corrected chi connectivity index (χ4v) is 4.09. The first kappa shape index (κ1) is 17.6. The van der Waals surface area contributed by atoms with Crippen molar-refractivity contribution in [3.63, 3.8) is 0 Å². The minimum Gasteiger partial charge on any atom is -0.493 e. The van der Waals surface area contributed by atoms with Crippen LogP contribution in [0.1, 0.15) is 23.4 Å². The van der Waals surface area contributed by atoms with Crippen molar-refractivity contribution in [3.05, 3.63) is 53.9 Å². The minimum atomic E-state index is 0.0134. The van der Waals surface area contributed by atoms with E-state index in [1.807, 2.05) is 42.2 Å². The first-order valence-corrected chi connectivity index (χ1v) is 9.38. The molecule has 0 aliphatic carbocycles. The van der Waals surface area contributed by atoms with Gasteiger partial charge in [-0.2, -0.15) is 0 Å². The Kier molecular flexibility index (Phi) is 5.81. The molecule has 5 nitrogen and oxygen atoms in total. The maximum atomic E-state index is 12.3. The van der Waals surface area contributed by atoms with E-state index in [0.717, 1.165) is 17.7 Å². The van der Waals surface area contributed by atoms with Gasteiger partial charge in [0.05, 0.1) is 19.5 Å². The SMILES string of the molecule is CCOc1cc(C2SCC(=O)N2CCc2ccncc2)ccc1OC. The first-order valence-electron chi connectivity index (χ1n) is 8.33. The van der Waals surface area contributed by atoms with Crippen LogP contribution in [-0.2, 0) is 11.2 Å². The zero-order chi connectivity index (χ0) is 17.6. The van der Waals surface area contributed by atoms with Crippen molar-refractivity contribution in [2.75, 3.05) is 26.0 Å². The van der Waals surface area contributed by atoms with Gasteiger partial charge >= 0.3 is 0 Å². The minimum absolute atomic E-state index is 0.0134. The summed E-state index contributed by atoms with van der Waals surface area (Å²) in [4.78, 5) is 18.3. The topological polar surface area (TPSA) is 51.7 Å². The predicted molar refractivity (Wildman–Crippen MR) is 99.0 cm³/mol. The molecule has 3 rings (SSSR count). The average molecular weight is 358 g/mol. The van der Waals surface area contributed by atoms with E-state index in [9.17, 15) is 4.79 Å². The molecule has 1 fully saturated rings. The largest absolute Gasteiger partial charge is 0.493 e. The van der Waals surface area contributed by atoms with Crippen LogP contribution in [0.4, 0.5) is 0 Å². The smallest absolute Gasteiger partial charge is 0.233 e. The third-order valence-electron chi connectivity index (χ3n) is 4.13. The molecule has 1 atom stereocenters. The van der Waals surface area contributed by atoms with Crippen molar-refractivity contribution in [2.24, 2.45) is 0 Å². The molecule has 1 aliphatic rings. The van der Waals surface area contributed by atoms with Gasteiger partial charge in [0, 0.05) is 18.9 Å². The Hall–Kier alpha value is -2.21. The highest BCUT2D eigenvalue weighted by Gasteiger charge is 2.32. The summed E-state index contributed by atoms with van der Waals surface area (Å²) in [5, 5.41) is 0.0134. The Morgan fingerprint density at radius 3 is 2.76 bits per heavy atom. The van der Waals surface area contributed by atoms with Crippen molar-refractivity contribution in [3.8, 4) is 11.5 Å². The van der Waals surface area contributed by atoms with Crippen LogP contribution in [-0.4, -0.2) is 41.8 Å². The summed E-state index contributed by atoms with van der Waals surface area (Å²) < 4.78 is 11.0. The number of benzene rings is 1. The van der Waals surface area contributed by atoms with Gasteiger partial charge in [0.1, 0.15) is 5.37 Å². The molecular weight excluding hydrogens is 336 g/mol. The Morgan fingerprint density at radius 1 is 1.24 bits per heavy atom. The Morgan fingerprint density at radius 2 is 2.04 bits per heavy atom. The second kappa shape index (κ2) is 8.25. The molecule has 1 aromatic heterocycles. The van der Waals surface area contributed by atoms with Crippen molar-refractivity contribution < 1.29 is 14.3 Å². The van der Waals surface area contributed by atoms with E-state index in [4.69, 9.17) is 9.47 Å². The van der Waals surface area contributed by atoms with Crippen LogP contribution in [0.3, 0.4) is 0 Å². The van der Waals surface area contributed by atoms with Gasteiger partial charge in [-0.1, -0.05) is 6.07 Å². The fraction of sp³-hybridized carbons (Fsp3) is 0.368. The molecule has 6 heteroatoms. The van der Waals surface area contributed by atoms with E-state index in [2.05, 4.69) is 4.98 Å². The third kappa shape index (κ3) is 4.07. The lowest BCUT2D eigenvalue weighted by molar-refractivity contribution is -0.128. The molecule has 2 aromatic rings. The Balaban J connectivity index is 1.78. The second-order valence-corrected chi connectivity index (χ2v) is 6.77. The molecule has 0 saturated carbocycles. The van der Waals surface area contributed by atoms with E-state index >= 15 is 0 Å². The van der Waals surface area contributed by atoms with Gasteiger partial charge in [-0.15, -0.1) is 11.8 Å². The number of carbonyl (C=O) groups excluding carboxylic acids is 1. The van der Waals surface area contributed by atoms with E-state index < -0.39 is 0 Å². The summed E-state index contributed by atoms with van der Waals surface area (Å²) in [6.07, 6.45) is 4.39. The number of aromatic nitrogens is 1. The van der Waals surface area contributed by atoms with Gasteiger partial charge in [0.15, 0.2) is 11.5 Å². The van der Waals surface area contributed by atoms with Crippen LogP contribution in [0.15, 0.2) is 42.7 Å². The van der Waals surface area contributed by atoms with Crippen LogP contribution in [0, 0.1) is 0 Å². The number of hydrogen-bond donors (Lipinski definition) is 0. The number of ether oxygens (including phenoxy) is 2. The van der Waals surface area contributed by atoms with Crippen molar-refractivity contribution >= 4 is 17.7 Å². The predicted octanol–water partition coefficient (Wildman–Crippen LogP) is 3.31. The molecule has 1 saturated heterocycles. The van der Waals surface area contributed by atoms with Gasteiger partial charge in [0.2, 0.25) is 5.91 Å². The molecule has 0 bridgehead atoms. The van der Waals surface area contributed by atoms with Gasteiger partial charge in [-0.05, 0) is 48.7 Å². The number of amides is 1. The standard InChI is InChI=1S/C19H22N2O3S/c1-3-24-17-12-15(4-5-16(17)23-2)19-21(18(22)13-25-19)11-8-14-6-9-20-10-7-14/h4-7,9-10,12,19H,3,8,11,13H2,1-2H3. The van der Waals surface area contributed by atoms with Gasteiger partial charge in [-0.25, -0.2) is 0 Å². The highest BCUT2D eigenvalue weighted by Crippen LogP contribution is 2.41. The average Bonchev–Trinajstić information content (AvgIpc) is 3.01.